The van der Waals surface area contributed by atoms with Gasteiger partial charge in [-0.3, -0.25) is 4.18 Å². The van der Waals surface area contributed by atoms with Crippen LogP contribution >= 0.6 is 0 Å². The molecule has 1 saturated carbocycles. The van der Waals surface area contributed by atoms with E-state index in [2.05, 4.69) is 12.2 Å². The highest BCUT2D eigenvalue weighted by molar-refractivity contribution is 7.86. The zero-order valence-corrected chi connectivity index (χ0v) is 11.6. The molecule has 0 amide bonds. The summed E-state index contributed by atoms with van der Waals surface area (Å²) in [5.41, 5.74) is 2.42. The highest BCUT2D eigenvalue weighted by Gasteiger charge is 2.36. The molecule has 0 bridgehead atoms. The van der Waals surface area contributed by atoms with Gasteiger partial charge >= 0.3 is 0 Å². The summed E-state index contributed by atoms with van der Waals surface area (Å²) in [5.74, 6) is 0.693. The van der Waals surface area contributed by atoms with Crippen molar-refractivity contribution >= 4 is 10.1 Å². The van der Waals surface area contributed by atoms with E-state index < -0.39 is 10.1 Å². The Morgan fingerprint density at radius 3 is 2.68 bits per heavy atom. The first-order valence-corrected chi connectivity index (χ1v) is 7.80. The molecule has 0 aromatic heterocycles. The molecular weight excluding hydrogens is 260 g/mol. The van der Waals surface area contributed by atoms with Crippen molar-refractivity contribution in [1.29, 1.82) is 0 Å². The molecule has 0 aliphatic heterocycles. The molecule has 2 atom stereocenters. The molecule has 0 radical (unpaired) electrons. The third kappa shape index (κ3) is 2.38. The molecular formula is C15H16O3S. The van der Waals surface area contributed by atoms with Gasteiger partial charge in [-0.2, -0.15) is 8.42 Å². The Hall–Kier alpha value is -1.39. The van der Waals surface area contributed by atoms with E-state index in [1.807, 2.05) is 13.0 Å². The third-order valence-corrected chi connectivity index (χ3v) is 5.11. The van der Waals surface area contributed by atoms with Crippen LogP contribution in [-0.4, -0.2) is 15.0 Å². The van der Waals surface area contributed by atoms with Gasteiger partial charge in [0.15, 0.2) is 0 Å². The Labute approximate surface area is 113 Å². The summed E-state index contributed by atoms with van der Waals surface area (Å²) in [4.78, 5) is 0.232. The van der Waals surface area contributed by atoms with Gasteiger partial charge in [0.25, 0.3) is 10.1 Å². The maximum Gasteiger partial charge on any atom is 0.296 e. The largest absolute Gasteiger partial charge is 0.296 e. The smallest absolute Gasteiger partial charge is 0.266 e. The molecule has 100 valence electrons. The maximum absolute atomic E-state index is 12.0. The fourth-order valence-electron chi connectivity index (χ4n) is 2.58. The summed E-state index contributed by atoms with van der Waals surface area (Å²) in [6.07, 6.45) is 7.20. The van der Waals surface area contributed by atoms with Crippen molar-refractivity contribution in [2.24, 2.45) is 11.8 Å². The van der Waals surface area contributed by atoms with Gasteiger partial charge in [0.1, 0.15) is 0 Å². The van der Waals surface area contributed by atoms with Crippen LogP contribution in [0.4, 0.5) is 0 Å². The van der Waals surface area contributed by atoms with Crippen molar-refractivity contribution in [1.82, 2.24) is 0 Å². The fraction of sp³-hybridized carbons (Fsp3) is 0.333. The number of aryl methyl sites for hydroxylation is 1. The molecule has 3 rings (SSSR count). The minimum atomic E-state index is -3.62. The lowest BCUT2D eigenvalue weighted by molar-refractivity contribution is 0.191. The van der Waals surface area contributed by atoms with Gasteiger partial charge in [0, 0.05) is 5.92 Å². The van der Waals surface area contributed by atoms with E-state index in [0.717, 1.165) is 12.0 Å². The Morgan fingerprint density at radius 1 is 1.26 bits per heavy atom. The predicted molar refractivity (Wildman–Crippen MR) is 73.1 cm³/mol. The molecule has 1 aromatic carbocycles. The number of hydrogen-bond acceptors (Lipinski definition) is 3. The number of hydrogen-bond donors (Lipinski definition) is 0. The van der Waals surface area contributed by atoms with Gasteiger partial charge in [-0.15, -0.1) is 0 Å². The van der Waals surface area contributed by atoms with E-state index in [4.69, 9.17) is 4.18 Å². The molecule has 3 nitrogen and oxygen atoms in total. The van der Waals surface area contributed by atoms with Gasteiger partial charge in [0.05, 0.1) is 11.5 Å². The highest BCUT2D eigenvalue weighted by atomic mass is 32.2. The molecule has 19 heavy (non-hydrogen) atoms. The van der Waals surface area contributed by atoms with Crippen molar-refractivity contribution in [2.75, 3.05) is 6.61 Å². The van der Waals surface area contributed by atoms with Crippen molar-refractivity contribution in [3.63, 3.8) is 0 Å². The lowest BCUT2D eigenvalue weighted by atomic mass is 9.72. The Morgan fingerprint density at radius 2 is 2.00 bits per heavy atom. The molecule has 4 heteroatoms. The molecule has 0 N–H and O–H groups in total. The number of benzene rings is 1. The number of allylic oxidation sites excluding steroid dienone is 4. The van der Waals surface area contributed by atoms with Crippen molar-refractivity contribution in [2.45, 2.75) is 18.2 Å². The van der Waals surface area contributed by atoms with E-state index >= 15 is 0 Å². The summed E-state index contributed by atoms with van der Waals surface area (Å²) >= 11 is 0. The fourth-order valence-corrected chi connectivity index (χ4v) is 3.54. The van der Waals surface area contributed by atoms with Crippen LogP contribution in [-0.2, 0) is 14.3 Å². The van der Waals surface area contributed by atoms with Crippen LogP contribution in [0.5, 0.6) is 0 Å². The van der Waals surface area contributed by atoms with Gasteiger partial charge < -0.3 is 0 Å². The van der Waals surface area contributed by atoms with E-state index in [0.29, 0.717) is 11.8 Å². The average molecular weight is 276 g/mol. The van der Waals surface area contributed by atoms with E-state index in [9.17, 15) is 8.42 Å². The standard InChI is InChI=1S/C15H16O3S/c1-11-5-7-14(8-6-11)19(16,17)18-10-13-9-12-3-2-4-15(12)13/h2-8,13,15H,9-10H2,1H3. The predicted octanol–water partition coefficient (Wildman–Crippen LogP) is 2.83. The van der Waals surface area contributed by atoms with Crippen molar-refractivity contribution in [3.8, 4) is 0 Å². The first kappa shape index (κ1) is 12.6. The Kier molecular flexibility index (Phi) is 3.07. The van der Waals surface area contributed by atoms with Gasteiger partial charge in [0.2, 0.25) is 0 Å². The molecule has 2 aliphatic carbocycles. The highest BCUT2D eigenvalue weighted by Crippen LogP contribution is 2.44. The second-order valence-corrected chi connectivity index (χ2v) is 6.78. The van der Waals surface area contributed by atoms with Crippen molar-refractivity contribution in [3.05, 3.63) is 53.6 Å². The summed E-state index contributed by atoms with van der Waals surface area (Å²) in [7, 11) is -3.62. The third-order valence-electron chi connectivity index (χ3n) is 3.81. The van der Waals surface area contributed by atoms with Gasteiger partial charge in [-0.1, -0.05) is 41.5 Å². The molecule has 1 aromatic rings. The lowest BCUT2D eigenvalue weighted by Crippen LogP contribution is -2.30. The zero-order chi connectivity index (χ0) is 13.5. The minimum Gasteiger partial charge on any atom is -0.266 e. The van der Waals surface area contributed by atoms with Crippen LogP contribution in [0.1, 0.15) is 12.0 Å². The topological polar surface area (TPSA) is 43.4 Å². The second kappa shape index (κ2) is 4.62. The zero-order valence-electron chi connectivity index (χ0n) is 10.7. The SMILES string of the molecule is Cc1ccc(S(=O)(=O)OCC2CC3=CC=CC32)cc1. The number of rotatable bonds is 4. The van der Waals surface area contributed by atoms with Gasteiger partial charge in [-0.05, 0) is 31.4 Å². The molecule has 2 unspecified atom stereocenters. The lowest BCUT2D eigenvalue weighted by Gasteiger charge is -2.35. The van der Waals surface area contributed by atoms with Crippen LogP contribution < -0.4 is 0 Å². The van der Waals surface area contributed by atoms with Crippen LogP contribution in [0.2, 0.25) is 0 Å². The van der Waals surface area contributed by atoms with Crippen LogP contribution in [0, 0.1) is 18.8 Å². The normalized spacial score (nSPS) is 24.8. The maximum atomic E-state index is 12.0. The quantitative estimate of drug-likeness (QED) is 0.794. The average Bonchev–Trinajstić information content (AvgIpc) is 2.72. The van der Waals surface area contributed by atoms with Crippen LogP contribution in [0.3, 0.4) is 0 Å². The summed E-state index contributed by atoms with van der Waals surface area (Å²) in [6.45, 7) is 2.19. The monoisotopic (exact) mass is 276 g/mol. The first-order valence-electron chi connectivity index (χ1n) is 6.39. The summed E-state index contributed by atoms with van der Waals surface area (Å²) < 4.78 is 29.2. The minimum absolute atomic E-state index is 0.232. The Balaban J connectivity index is 1.64. The summed E-state index contributed by atoms with van der Waals surface area (Å²) in [6, 6.07) is 6.73. The molecule has 0 heterocycles. The Bertz CT molecular complexity index is 638. The molecule has 2 aliphatic rings. The molecule has 0 saturated heterocycles. The number of fused-ring (bicyclic) bond motifs is 1. The van der Waals surface area contributed by atoms with Gasteiger partial charge in [-0.25, -0.2) is 0 Å². The van der Waals surface area contributed by atoms with E-state index in [1.54, 1.807) is 24.3 Å². The second-order valence-electron chi connectivity index (χ2n) is 5.17. The van der Waals surface area contributed by atoms with Crippen LogP contribution in [0.15, 0.2) is 53.0 Å². The first-order chi connectivity index (χ1) is 9.06. The molecule has 0 spiro atoms. The van der Waals surface area contributed by atoms with Crippen molar-refractivity contribution < 1.29 is 12.6 Å². The van der Waals surface area contributed by atoms with E-state index in [1.165, 1.54) is 5.57 Å². The van der Waals surface area contributed by atoms with Crippen LogP contribution in [0.25, 0.3) is 0 Å². The van der Waals surface area contributed by atoms with E-state index in [-0.39, 0.29) is 11.5 Å². The summed E-state index contributed by atoms with van der Waals surface area (Å²) in [5, 5.41) is 0. The molecule has 1 fully saturated rings.